The minimum absolute atomic E-state index is 0.358. The molecule has 0 aliphatic heterocycles. The van der Waals surface area contributed by atoms with Crippen molar-refractivity contribution in [1.82, 2.24) is 14.8 Å². The Labute approximate surface area is 66.4 Å². The Balaban J connectivity index is 2.93. The molecule has 1 aromatic heterocycles. The fourth-order valence-corrected chi connectivity index (χ4v) is 1.08. The van der Waals surface area contributed by atoms with E-state index in [4.69, 9.17) is 0 Å². The number of hydrogen-bond donors (Lipinski definition) is 1. The standard InChI is InChI=1S/C7H14N4/c1-5(4-8)11-7(3)9-6(2)10-11/h5H,4,8H2,1-3H3/p+1/t5-/m0/s1. The zero-order valence-corrected chi connectivity index (χ0v) is 7.33. The van der Waals surface area contributed by atoms with Gasteiger partial charge >= 0.3 is 0 Å². The van der Waals surface area contributed by atoms with Gasteiger partial charge in [0.2, 0.25) is 0 Å². The Kier molecular flexibility index (Phi) is 2.24. The lowest BCUT2D eigenvalue weighted by molar-refractivity contribution is -0.376. The predicted octanol–water partition coefficient (Wildman–Crippen LogP) is -0.302. The normalized spacial score (nSPS) is 13.5. The summed E-state index contributed by atoms with van der Waals surface area (Å²) in [5, 5.41) is 4.25. The van der Waals surface area contributed by atoms with Crippen LogP contribution >= 0.6 is 0 Å². The fourth-order valence-electron chi connectivity index (χ4n) is 1.08. The first-order chi connectivity index (χ1) is 5.15. The topological polar surface area (TPSA) is 58.4 Å². The molecule has 0 bridgehead atoms. The molecule has 0 saturated carbocycles. The first kappa shape index (κ1) is 8.20. The molecule has 0 aliphatic rings. The third-order valence-electron chi connectivity index (χ3n) is 1.74. The van der Waals surface area contributed by atoms with Crippen molar-refractivity contribution in [3.8, 4) is 0 Å². The van der Waals surface area contributed by atoms with Gasteiger partial charge in [0.1, 0.15) is 11.6 Å². The second kappa shape index (κ2) is 3.00. The van der Waals surface area contributed by atoms with Crippen molar-refractivity contribution in [1.29, 1.82) is 0 Å². The van der Waals surface area contributed by atoms with Gasteiger partial charge in [-0.2, -0.15) is 5.10 Å². The van der Waals surface area contributed by atoms with Gasteiger partial charge in [0.15, 0.2) is 0 Å². The smallest absolute Gasteiger partial charge is 0.147 e. The zero-order chi connectivity index (χ0) is 8.43. The molecular formula is C7H15N4+. The van der Waals surface area contributed by atoms with E-state index in [1.807, 2.05) is 18.5 Å². The lowest BCUT2D eigenvalue weighted by Crippen LogP contribution is -2.53. The van der Waals surface area contributed by atoms with Crippen LogP contribution in [0.15, 0.2) is 0 Å². The average molecular weight is 155 g/mol. The Bertz CT molecular complexity index is 241. The molecule has 1 aromatic rings. The molecule has 1 rings (SSSR count). The van der Waals surface area contributed by atoms with Crippen LogP contribution < -0.4 is 5.73 Å². The molecule has 0 fully saturated rings. The van der Waals surface area contributed by atoms with E-state index in [1.165, 1.54) is 0 Å². The second-order valence-electron chi connectivity index (χ2n) is 2.79. The summed E-state index contributed by atoms with van der Waals surface area (Å²) in [5.74, 6) is 1.81. The van der Waals surface area contributed by atoms with Crippen molar-refractivity contribution in [3.05, 3.63) is 11.6 Å². The Morgan fingerprint density at radius 3 is 2.55 bits per heavy atom. The molecule has 0 spiro atoms. The molecular weight excluding hydrogens is 140 g/mol. The predicted molar refractivity (Wildman–Crippen MR) is 42.0 cm³/mol. The highest BCUT2D eigenvalue weighted by Gasteiger charge is 2.09. The van der Waals surface area contributed by atoms with Crippen LogP contribution in [0.3, 0.4) is 0 Å². The highest BCUT2D eigenvalue weighted by atomic mass is 15.4. The summed E-state index contributed by atoms with van der Waals surface area (Å²) in [6.07, 6.45) is 0. The zero-order valence-electron chi connectivity index (χ0n) is 7.33. The number of rotatable bonds is 2. The van der Waals surface area contributed by atoms with Crippen molar-refractivity contribution in [2.45, 2.75) is 26.8 Å². The van der Waals surface area contributed by atoms with Crippen molar-refractivity contribution < 1.29 is 5.73 Å². The van der Waals surface area contributed by atoms with E-state index in [2.05, 4.69) is 22.7 Å². The highest BCUT2D eigenvalue weighted by Crippen LogP contribution is 2.04. The molecule has 1 heterocycles. The summed E-state index contributed by atoms with van der Waals surface area (Å²) < 4.78 is 1.92. The molecule has 0 amide bonds. The number of hydrogen-bond acceptors (Lipinski definition) is 2. The minimum Gasteiger partial charge on any atom is -0.356 e. The number of aromatic nitrogens is 3. The van der Waals surface area contributed by atoms with Crippen LogP contribution in [0, 0.1) is 13.8 Å². The summed E-state index contributed by atoms with van der Waals surface area (Å²) >= 11 is 0. The van der Waals surface area contributed by atoms with Crippen LogP contribution in [0.1, 0.15) is 24.6 Å². The summed E-state index contributed by atoms with van der Waals surface area (Å²) in [5.41, 5.74) is 3.82. The van der Waals surface area contributed by atoms with Crippen LogP contribution in [0.5, 0.6) is 0 Å². The van der Waals surface area contributed by atoms with E-state index in [1.54, 1.807) is 0 Å². The van der Waals surface area contributed by atoms with E-state index in [9.17, 15) is 0 Å². The largest absolute Gasteiger partial charge is 0.356 e. The molecule has 0 aliphatic carbocycles. The number of quaternary nitrogens is 1. The lowest BCUT2D eigenvalue weighted by Gasteiger charge is -2.07. The molecule has 4 nitrogen and oxygen atoms in total. The van der Waals surface area contributed by atoms with Crippen LogP contribution in [0.4, 0.5) is 0 Å². The van der Waals surface area contributed by atoms with E-state index in [0.717, 1.165) is 18.2 Å². The first-order valence-corrected chi connectivity index (χ1v) is 3.84. The van der Waals surface area contributed by atoms with Gasteiger partial charge in [-0.3, -0.25) is 0 Å². The van der Waals surface area contributed by atoms with Crippen molar-refractivity contribution in [2.75, 3.05) is 6.54 Å². The summed E-state index contributed by atoms with van der Waals surface area (Å²) in [6.45, 7) is 6.81. The van der Waals surface area contributed by atoms with Gasteiger partial charge in [-0.1, -0.05) is 0 Å². The van der Waals surface area contributed by atoms with Gasteiger partial charge in [-0.05, 0) is 20.8 Å². The molecule has 11 heavy (non-hydrogen) atoms. The van der Waals surface area contributed by atoms with Gasteiger partial charge in [-0.25, -0.2) is 9.67 Å². The second-order valence-corrected chi connectivity index (χ2v) is 2.79. The monoisotopic (exact) mass is 155 g/mol. The Morgan fingerprint density at radius 2 is 2.18 bits per heavy atom. The SMILES string of the molecule is Cc1nc(C)n([C@@H](C)C[NH3+])n1. The highest BCUT2D eigenvalue weighted by molar-refractivity contribution is 4.89. The van der Waals surface area contributed by atoms with Crippen LogP contribution in [0.2, 0.25) is 0 Å². The third kappa shape index (κ3) is 1.57. The van der Waals surface area contributed by atoms with Crippen LogP contribution in [-0.2, 0) is 0 Å². The maximum Gasteiger partial charge on any atom is 0.147 e. The molecule has 0 radical (unpaired) electrons. The van der Waals surface area contributed by atoms with Gasteiger partial charge in [0.25, 0.3) is 0 Å². The molecule has 0 aromatic carbocycles. The number of nitrogens with zero attached hydrogens (tertiary/aromatic N) is 3. The molecule has 62 valence electrons. The first-order valence-electron chi connectivity index (χ1n) is 3.84. The Hall–Kier alpha value is -0.900. The summed E-state index contributed by atoms with van der Waals surface area (Å²) in [7, 11) is 0. The Morgan fingerprint density at radius 1 is 1.55 bits per heavy atom. The van der Waals surface area contributed by atoms with Gasteiger partial charge in [0.05, 0.1) is 12.6 Å². The van der Waals surface area contributed by atoms with Gasteiger partial charge in [-0.15, -0.1) is 0 Å². The summed E-state index contributed by atoms with van der Waals surface area (Å²) in [6, 6.07) is 0.358. The fraction of sp³-hybridized carbons (Fsp3) is 0.714. The van der Waals surface area contributed by atoms with Crippen molar-refractivity contribution >= 4 is 0 Å². The molecule has 4 heteroatoms. The molecule has 0 saturated heterocycles. The minimum atomic E-state index is 0.358. The molecule has 1 atom stereocenters. The molecule has 0 unspecified atom stereocenters. The van der Waals surface area contributed by atoms with Crippen LogP contribution in [0.25, 0.3) is 0 Å². The maximum absolute atomic E-state index is 4.25. The summed E-state index contributed by atoms with van der Waals surface area (Å²) in [4.78, 5) is 4.20. The number of aryl methyl sites for hydroxylation is 2. The van der Waals surface area contributed by atoms with E-state index < -0.39 is 0 Å². The van der Waals surface area contributed by atoms with Crippen LogP contribution in [-0.4, -0.2) is 21.3 Å². The van der Waals surface area contributed by atoms with Crippen molar-refractivity contribution in [2.24, 2.45) is 0 Å². The molecule has 3 N–H and O–H groups in total. The van der Waals surface area contributed by atoms with E-state index in [-0.39, 0.29) is 0 Å². The van der Waals surface area contributed by atoms with E-state index in [0.29, 0.717) is 6.04 Å². The lowest BCUT2D eigenvalue weighted by atomic mass is 10.3. The van der Waals surface area contributed by atoms with Gasteiger partial charge in [0, 0.05) is 0 Å². The van der Waals surface area contributed by atoms with Crippen molar-refractivity contribution in [3.63, 3.8) is 0 Å². The van der Waals surface area contributed by atoms with Gasteiger partial charge < -0.3 is 5.73 Å². The van der Waals surface area contributed by atoms with E-state index >= 15 is 0 Å². The quantitative estimate of drug-likeness (QED) is 0.637. The average Bonchev–Trinajstić information content (AvgIpc) is 2.28. The maximum atomic E-state index is 4.25. The third-order valence-corrected chi connectivity index (χ3v) is 1.74.